The average Bonchev–Trinajstić information content (AvgIpc) is 3.18. The van der Waals surface area contributed by atoms with Gasteiger partial charge in [-0.15, -0.1) is 0 Å². The molecule has 0 saturated carbocycles. The molecule has 0 aromatic heterocycles. The van der Waals surface area contributed by atoms with Crippen LogP contribution in [0.15, 0.2) is 65.6 Å². The number of methoxy groups -OCH3 is 1. The molecule has 32 heavy (non-hydrogen) atoms. The van der Waals surface area contributed by atoms with E-state index in [1.807, 2.05) is 24.3 Å². The van der Waals surface area contributed by atoms with Crippen molar-refractivity contribution in [3.63, 3.8) is 0 Å². The van der Waals surface area contributed by atoms with Crippen molar-refractivity contribution < 1.29 is 57.0 Å². The molecule has 1 heterocycles. The van der Waals surface area contributed by atoms with Crippen LogP contribution in [0.25, 0.3) is 0 Å². The number of benzene rings is 2. The molecule has 0 spiro atoms. The molecule has 2 aromatic rings. The number of ether oxygens (including phenoxy) is 1. The normalized spacial score (nSPS) is 19.1. The maximum absolute atomic E-state index is 13.4. The molecule has 0 amide bonds. The van der Waals surface area contributed by atoms with E-state index in [4.69, 9.17) is 4.74 Å². The second kappa shape index (κ2) is 12.0. The zero-order chi connectivity index (χ0) is 22.4. The van der Waals surface area contributed by atoms with Crippen molar-refractivity contribution in [2.24, 2.45) is 5.92 Å². The Kier molecular flexibility index (Phi) is 9.91. The minimum absolute atomic E-state index is 0. The first-order chi connectivity index (χ1) is 14.8. The quantitative estimate of drug-likeness (QED) is 0.383. The molecular weight excluding hydrogens is 444 g/mol. The van der Waals surface area contributed by atoms with E-state index in [1.54, 1.807) is 19.3 Å². The molecule has 6 nitrogen and oxygen atoms in total. The second-order valence-electron chi connectivity index (χ2n) is 7.46. The van der Waals surface area contributed by atoms with Crippen molar-refractivity contribution >= 4 is 16.0 Å². The van der Waals surface area contributed by atoms with Crippen LogP contribution in [-0.2, 0) is 14.8 Å². The summed E-state index contributed by atoms with van der Waals surface area (Å²) in [4.78, 5) is 10.6. The first kappa shape index (κ1) is 26.5. The largest absolute Gasteiger partial charge is 1.00 e. The van der Waals surface area contributed by atoms with Crippen LogP contribution in [0.3, 0.4) is 0 Å². The zero-order valence-electron chi connectivity index (χ0n) is 18.2. The van der Waals surface area contributed by atoms with Crippen molar-refractivity contribution in [1.29, 1.82) is 0 Å². The third kappa shape index (κ3) is 6.42. The van der Waals surface area contributed by atoms with E-state index < -0.39 is 27.9 Å². The fraction of sp³-hybridized carbons (Fsp3) is 0.348. The number of aliphatic carboxylic acids is 1. The number of carboxylic acid groups (broad SMARTS) is 1. The Morgan fingerprint density at radius 2 is 1.94 bits per heavy atom. The van der Waals surface area contributed by atoms with Gasteiger partial charge in [0.1, 0.15) is 11.6 Å². The summed E-state index contributed by atoms with van der Waals surface area (Å²) >= 11 is 0. The summed E-state index contributed by atoms with van der Waals surface area (Å²) in [7, 11) is -2.28. The van der Waals surface area contributed by atoms with Crippen LogP contribution in [-0.4, -0.2) is 32.3 Å². The van der Waals surface area contributed by atoms with Gasteiger partial charge in [0.25, 0.3) is 0 Å². The Labute approximate surface area is 210 Å². The van der Waals surface area contributed by atoms with Gasteiger partial charge in [-0.05, 0) is 73.6 Å². The standard InChI is InChI=1S/C23H26FNO5S.Na/c1-30-20-8-5-7-18(16-20)23-17(6-3-2-4-9-22(26)27)14-15-25(23)31(28,29)21-12-10-19(24)11-13-21;/h2-3,5,7-8,10-13,16-17,23H,4,6,9,14-15H2,1H3,(H,26,27);/q;+1/p-1/b3-2-;/t17-,23+;/m1./s1. The van der Waals surface area contributed by atoms with E-state index >= 15 is 0 Å². The van der Waals surface area contributed by atoms with E-state index in [-0.39, 0.29) is 46.8 Å². The summed E-state index contributed by atoms with van der Waals surface area (Å²) in [5.74, 6) is -0.964. The number of nitrogens with zero attached hydrogens (tertiary/aromatic N) is 1. The van der Waals surface area contributed by atoms with Crippen LogP contribution >= 0.6 is 0 Å². The maximum Gasteiger partial charge on any atom is 1.00 e. The SMILES string of the molecule is COc1cccc([C@@H]2[C@H](C/C=C\CCC(=O)[O-])CCN2S(=O)(=O)c2ccc(F)cc2)c1.[Na+]. The molecule has 0 aliphatic carbocycles. The molecular formula is C23H25FNNaO5S. The number of hydrogen-bond donors (Lipinski definition) is 0. The van der Waals surface area contributed by atoms with Gasteiger partial charge in [-0.2, -0.15) is 4.31 Å². The fourth-order valence-corrected chi connectivity index (χ4v) is 5.63. The van der Waals surface area contributed by atoms with Gasteiger partial charge >= 0.3 is 29.6 Å². The maximum atomic E-state index is 13.4. The number of carboxylic acids is 1. The Morgan fingerprint density at radius 1 is 1.22 bits per heavy atom. The minimum atomic E-state index is -3.84. The molecule has 9 heteroatoms. The van der Waals surface area contributed by atoms with Crippen molar-refractivity contribution in [3.05, 3.63) is 72.1 Å². The molecule has 2 atom stereocenters. The van der Waals surface area contributed by atoms with Gasteiger partial charge in [-0.3, -0.25) is 0 Å². The molecule has 1 aliphatic heterocycles. The smallest absolute Gasteiger partial charge is 0.550 e. The molecule has 0 bridgehead atoms. The van der Waals surface area contributed by atoms with Crippen LogP contribution in [0.1, 0.15) is 37.3 Å². The minimum Gasteiger partial charge on any atom is -0.550 e. The van der Waals surface area contributed by atoms with Gasteiger partial charge < -0.3 is 14.6 Å². The fourth-order valence-electron chi connectivity index (χ4n) is 3.94. The van der Waals surface area contributed by atoms with Crippen molar-refractivity contribution in [2.45, 2.75) is 36.6 Å². The van der Waals surface area contributed by atoms with E-state index in [1.165, 1.54) is 16.4 Å². The summed E-state index contributed by atoms with van der Waals surface area (Å²) < 4.78 is 46.8. The van der Waals surface area contributed by atoms with Gasteiger partial charge in [0.15, 0.2) is 0 Å². The van der Waals surface area contributed by atoms with Crippen LogP contribution in [0.4, 0.5) is 4.39 Å². The van der Waals surface area contributed by atoms with Gasteiger partial charge in [-0.1, -0.05) is 24.3 Å². The third-order valence-electron chi connectivity index (χ3n) is 5.45. The molecule has 2 aromatic carbocycles. The zero-order valence-corrected chi connectivity index (χ0v) is 21.1. The van der Waals surface area contributed by atoms with E-state index in [0.717, 1.165) is 17.7 Å². The van der Waals surface area contributed by atoms with Crippen molar-refractivity contribution in [3.8, 4) is 5.75 Å². The summed E-state index contributed by atoms with van der Waals surface area (Å²) in [6.07, 6.45) is 5.25. The second-order valence-corrected chi connectivity index (χ2v) is 9.35. The average molecular weight is 470 g/mol. The first-order valence-corrected chi connectivity index (χ1v) is 11.5. The number of allylic oxidation sites excluding steroid dienone is 2. The van der Waals surface area contributed by atoms with Crippen molar-refractivity contribution in [2.75, 3.05) is 13.7 Å². The van der Waals surface area contributed by atoms with Gasteiger partial charge in [0.2, 0.25) is 10.0 Å². The van der Waals surface area contributed by atoms with Crippen LogP contribution < -0.4 is 39.4 Å². The van der Waals surface area contributed by atoms with Gasteiger partial charge in [0, 0.05) is 12.5 Å². The van der Waals surface area contributed by atoms with E-state index in [9.17, 15) is 22.7 Å². The summed E-state index contributed by atoms with van der Waals surface area (Å²) in [6.45, 7) is 0.332. The van der Waals surface area contributed by atoms with Gasteiger partial charge in [0.05, 0.1) is 18.0 Å². The predicted octanol–water partition coefficient (Wildman–Crippen LogP) is 0.0666. The van der Waals surface area contributed by atoms with Crippen LogP contribution in [0.5, 0.6) is 5.75 Å². The monoisotopic (exact) mass is 469 g/mol. The topological polar surface area (TPSA) is 86.7 Å². The summed E-state index contributed by atoms with van der Waals surface area (Å²) in [5, 5.41) is 10.6. The number of sulfonamides is 1. The molecule has 1 aliphatic rings. The Hall–Kier alpha value is -1.71. The molecule has 0 radical (unpaired) electrons. The summed E-state index contributed by atoms with van der Waals surface area (Å²) in [5.41, 5.74) is 0.815. The third-order valence-corrected chi connectivity index (χ3v) is 7.35. The number of hydrogen-bond acceptors (Lipinski definition) is 5. The molecule has 166 valence electrons. The number of carbonyl (C=O) groups excluding carboxylic acids is 1. The number of halogens is 1. The summed E-state index contributed by atoms with van der Waals surface area (Å²) in [6, 6.07) is 11.7. The van der Waals surface area contributed by atoms with Crippen LogP contribution in [0, 0.1) is 11.7 Å². The van der Waals surface area contributed by atoms with E-state index in [2.05, 4.69) is 0 Å². The molecule has 1 saturated heterocycles. The first-order valence-electron chi connectivity index (χ1n) is 10.1. The number of carbonyl (C=O) groups is 1. The molecule has 3 rings (SSSR count). The van der Waals surface area contributed by atoms with Crippen molar-refractivity contribution in [1.82, 2.24) is 4.31 Å². The van der Waals surface area contributed by atoms with Crippen LogP contribution in [0.2, 0.25) is 0 Å². The molecule has 1 fully saturated rings. The Bertz CT molecular complexity index is 1040. The van der Waals surface area contributed by atoms with Gasteiger partial charge in [-0.25, -0.2) is 12.8 Å². The Morgan fingerprint density at radius 3 is 2.59 bits per heavy atom. The van der Waals surface area contributed by atoms with E-state index in [0.29, 0.717) is 31.6 Å². The molecule has 0 N–H and O–H groups in total. The number of rotatable bonds is 9. The Balaban J connectivity index is 0.00000363. The predicted molar refractivity (Wildman–Crippen MR) is 112 cm³/mol. The molecule has 0 unspecified atom stereocenters.